The van der Waals surface area contributed by atoms with Crippen LogP contribution in [0.5, 0.6) is 0 Å². The van der Waals surface area contributed by atoms with Gasteiger partial charge in [0.2, 0.25) is 5.91 Å². The highest BCUT2D eigenvalue weighted by Gasteiger charge is 2.31. The van der Waals surface area contributed by atoms with Crippen molar-refractivity contribution < 1.29 is 9.90 Å². The van der Waals surface area contributed by atoms with E-state index in [1.807, 2.05) is 52.9 Å². The summed E-state index contributed by atoms with van der Waals surface area (Å²) in [6.07, 6.45) is 10.8. The summed E-state index contributed by atoms with van der Waals surface area (Å²) in [5.74, 6) is 0.00746. The van der Waals surface area contributed by atoms with Crippen molar-refractivity contribution in [3.63, 3.8) is 0 Å². The molecule has 1 aromatic heterocycles. The first kappa shape index (κ1) is 16.5. The van der Waals surface area contributed by atoms with Crippen LogP contribution in [0.25, 0.3) is 11.8 Å². The van der Waals surface area contributed by atoms with Crippen LogP contribution in [-0.2, 0) is 4.79 Å². The van der Waals surface area contributed by atoms with Crippen LogP contribution in [0.1, 0.15) is 25.3 Å². The number of hydrogen-bond donors (Lipinski definition) is 1. The van der Waals surface area contributed by atoms with Gasteiger partial charge in [-0.25, -0.2) is 4.98 Å². The number of aliphatic hydroxyl groups is 1. The number of benzene rings is 1. The number of imidazole rings is 1. The number of hydrogen-bond acceptors (Lipinski definition) is 3. The molecule has 1 saturated heterocycles. The van der Waals surface area contributed by atoms with Crippen LogP contribution in [0.2, 0.25) is 0 Å². The molecule has 1 amide bonds. The van der Waals surface area contributed by atoms with Crippen LogP contribution < -0.4 is 0 Å². The molecule has 0 spiro atoms. The molecule has 0 bridgehead atoms. The van der Waals surface area contributed by atoms with Crippen LogP contribution >= 0.6 is 0 Å². The molecule has 24 heavy (non-hydrogen) atoms. The van der Waals surface area contributed by atoms with Crippen LogP contribution in [0.15, 0.2) is 49.1 Å². The summed E-state index contributed by atoms with van der Waals surface area (Å²) in [6.45, 7) is 3.53. The third-order valence-corrected chi connectivity index (χ3v) is 4.59. The molecule has 1 aliphatic rings. The van der Waals surface area contributed by atoms with Crippen molar-refractivity contribution in [1.29, 1.82) is 0 Å². The summed E-state index contributed by atoms with van der Waals surface area (Å²) in [5.41, 5.74) is 1.84. The van der Waals surface area contributed by atoms with E-state index >= 15 is 0 Å². The second-order valence-electron chi connectivity index (χ2n) is 6.73. The second-order valence-corrected chi connectivity index (χ2v) is 6.73. The number of amides is 1. The number of aliphatic hydroxyl groups excluding tert-OH is 1. The van der Waals surface area contributed by atoms with Crippen molar-refractivity contribution in [2.45, 2.75) is 19.8 Å². The normalized spacial score (nSPS) is 21.3. The lowest BCUT2D eigenvalue weighted by Gasteiger charge is -2.38. The fourth-order valence-electron chi connectivity index (χ4n) is 3.08. The van der Waals surface area contributed by atoms with Gasteiger partial charge in [0.15, 0.2) is 0 Å². The Kier molecular flexibility index (Phi) is 4.81. The van der Waals surface area contributed by atoms with E-state index in [4.69, 9.17) is 0 Å². The van der Waals surface area contributed by atoms with Crippen LogP contribution in [0, 0.1) is 5.41 Å². The number of carbonyl (C=O) groups excluding carboxylic acids is 1. The zero-order chi connectivity index (χ0) is 17.0. The van der Waals surface area contributed by atoms with E-state index in [-0.39, 0.29) is 17.9 Å². The maximum atomic E-state index is 12.4. The van der Waals surface area contributed by atoms with Crippen molar-refractivity contribution >= 4 is 12.0 Å². The molecule has 0 radical (unpaired) electrons. The monoisotopic (exact) mass is 325 g/mol. The highest BCUT2D eigenvalue weighted by atomic mass is 16.3. The first-order chi connectivity index (χ1) is 11.6. The maximum Gasteiger partial charge on any atom is 0.246 e. The lowest BCUT2D eigenvalue weighted by molar-refractivity contribution is -0.129. The van der Waals surface area contributed by atoms with Gasteiger partial charge in [-0.3, -0.25) is 4.79 Å². The van der Waals surface area contributed by atoms with Gasteiger partial charge < -0.3 is 14.6 Å². The summed E-state index contributed by atoms with van der Waals surface area (Å²) in [6, 6.07) is 7.95. The minimum Gasteiger partial charge on any atom is -0.396 e. The molecule has 1 aromatic carbocycles. The summed E-state index contributed by atoms with van der Waals surface area (Å²) in [4.78, 5) is 18.2. The fraction of sp³-hybridized carbons (Fsp3) is 0.368. The Bertz CT molecular complexity index is 707. The molecule has 2 heterocycles. The topological polar surface area (TPSA) is 58.4 Å². The van der Waals surface area contributed by atoms with Crippen molar-refractivity contribution in [2.75, 3.05) is 19.7 Å². The largest absolute Gasteiger partial charge is 0.396 e. The molecule has 5 nitrogen and oxygen atoms in total. The Hall–Kier alpha value is -2.40. The molecule has 0 aliphatic carbocycles. The Balaban J connectivity index is 1.64. The average Bonchev–Trinajstić information content (AvgIpc) is 3.15. The number of likely N-dealkylation sites (tertiary alicyclic amines) is 1. The van der Waals surface area contributed by atoms with Crippen LogP contribution in [0.4, 0.5) is 0 Å². The Labute approximate surface area is 142 Å². The summed E-state index contributed by atoms with van der Waals surface area (Å²) in [5, 5.41) is 9.50. The van der Waals surface area contributed by atoms with E-state index < -0.39 is 0 Å². The molecule has 3 rings (SSSR count). The number of nitrogens with zero attached hydrogens (tertiary/aromatic N) is 3. The molecule has 0 saturated carbocycles. The summed E-state index contributed by atoms with van der Waals surface area (Å²) < 4.78 is 1.93. The Morgan fingerprint density at radius 1 is 1.38 bits per heavy atom. The summed E-state index contributed by atoms with van der Waals surface area (Å²) in [7, 11) is 0. The van der Waals surface area contributed by atoms with Gasteiger partial charge in [0, 0.05) is 42.7 Å². The van der Waals surface area contributed by atoms with Crippen molar-refractivity contribution in [3.05, 3.63) is 54.6 Å². The van der Waals surface area contributed by atoms with Gasteiger partial charge in [-0.15, -0.1) is 0 Å². The Morgan fingerprint density at radius 3 is 2.83 bits per heavy atom. The number of carbonyl (C=O) groups is 1. The molecule has 2 aromatic rings. The fourth-order valence-corrected chi connectivity index (χ4v) is 3.08. The van der Waals surface area contributed by atoms with Gasteiger partial charge in [-0.1, -0.05) is 19.1 Å². The average molecular weight is 325 g/mol. The first-order valence-corrected chi connectivity index (χ1v) is 8.26. The van der Waals surface area contributed by atoms with Crippen molar-refractivity contribution in [3.8, 4) is 5.69 Å². The van der Waals surface area contributed by atoms with Crippen molar-refractivity contribution in [1.82, 2.24) is 14.5 Å². The van der Waals surface area contributed by atoms with E-state index in [9.17, 15) is 9.90 Å². The highest BCUT2D eigenvalue weighted by molar-refractivity contribution is 5.91. The minimum atomic E-state index is -0.172. The molecule has 1 fully saturated rings. The number of aromatic nitrogens is 2. The molecule has 1 atom stereocenters. The zero-order valence-corrected chi connectivity index (χ0v) is 13.9. The second kappa shape index (κ2) is 7.01. The number of rotatable bonds is 4. The smallest absolute Gasteiger partial charge is 0.246 e. The highest BCUT2D eigenvalue weighted by Crippen LogP contribution is 2.28. The predicted octanol–water partition coefficient (Wildman–Crippen LogP) is 2.51. The van der Waals surface area contributed by atoms with Gasteiger partial charge in [-0.2, -0.15) is 0 Å². The van der Waals surface area contributed by atoms with E-state index in [1.165, 1.54) is 0 Å². The van der Waals surface area contributed by atoms with E-state index in [1.54, 1.807) is 18.6 Å². The molecule has 1 unspecified atom stereocenters. The molecule has 126 valence electrons. The van der Waals surface area contributed by atoms with Gasteiger partial charge in [0.25, 0.3) is 0 Å². The van der Waals surface area contributed by atoms with Crippen molar-refractivity contribution in [2.24, 2.45) is 5.41 Å². The maximum absolute atomic E-state index is 12.4. The first-order valence-electron chi connectivity index (χ1n) is 8.26. The van der Waals surface area contributed by atoms with Crippen LogP contribution in [0.3, 0.4) is 0 Å². The Morgan fingerprint density at radius 2 is 2.17 bits per heavy atom. The molecule has 1 N–H and O–H groups in total. The van der Waals surface area contributed by atoms with Crippen LogP contribution in [-0.4, -0.2) is 45.2 Å². The quantitative estimate of drug-likeness (QED) is 0.879. The predicted molar refractivity (Wildman–Crippen MR) is 93.6 cm³/mol. The third-order valence-electron chi connectivity index (χ3n) is 4.59. The minimum absolute atomic E-state index is 0.00746. The van der Waals surface area contributed by atoms with E-state index in [2.05, 4.69) is 4.98 Å². The zero-order valence-electron chi connectivity index (χ0n) is 13.9. The lowest BCUT2D eigenvalue weighted by atomic mass is 9.83. The third kappa shape index (κ3) is 3.74. The SMILES string of the molecule is CC1(CO)CCCN(C(=O)/C=C/c2ccc(-n3ccnc3)cc2)C1. The summed E-state index contributed by atoms with van der Waals surface area (Å²) >= 11 is 0. The molecular weight excluding hydrogens is 302 g/mol. The van der Waals surface area contributed by atoms with Gasteiger partial charge in [0.1, 0.15) is 0 Å². The molecular formula is C19H23N3O2. The van der Waals surface area contributed by atoms with E-state index in [0.29, 0.717) is 6.54 Å². The standard InChI is InChI=1S/C19H23N3O2/c1-19(14-23)9-2-11-21(13-19)18(24)8-5-16-3-6-17(7-4-16)22-12-10-20-15-22/h3-8,10,12,15,23H,2,9,11,13-14H2,1H3/b8-5+. The molecule has 5 heteroatoms. The van der Waals surface area contributed by atoms with Gasteiger partial charge in [-0.05, 0) is 36.6 Å². The number of piperidine rings is 1. The van der Waals surface area contributed by atoms with Gasteiger partial charge >= 0.3 is 0 Å². The molecule has 1 aliphatic heterocycles. The van der Waals surface area contributed by atoms with Gasteiger partial charge in [0.05, 0.1) is 12.9 Å². The lowest BCUT2D eigenvalue weighted by Crippen LogP contribution is -2.45. The van der Waals surface area contributed by atoms with E-state index in [0.717, 1.165) is 30.6 Å².